The Morgan fingerprint density at radius 2 is 1.91 bits per heavy atom. The minimum absolute atomic E-state index is 0.124. The first kappa shape index (κ1) is 25.4. The lowest BCUT2D eigenvalue weighted by Crippen LogP contribution is -2.34. The molecule has 0 radical (unpaired) electrons. The summed E-state index contributed by atoms with van der Waals surface area (Å²) in [6.45, 7) is 6.84. The van der Waals surface area contributed by atoms with Gasteiger partial charge in [-0.25, -0.2) is 4.98 Å². The summed E-state index contributed by atoms with van der Waals surface area (Å²) in [6, 6.07) is 7.92. The van der Waals surface area contributed by atoms with Crippen molar-refractivity contribution < 1.29 is 27.4 Å². The highest BCUT2D eigenvalue weighted by Gasteiger charge is 2.31. The summed E-state index contributed by atoms with van der Waals surface area (Å²) >= 11 is 0. The maximum absolute atomic E-state index is 12.8. The van der Waals surface area contributed by atoms with Crippen LogP contribution < -0.4 is 14.4 Å². The van der Waals surface area contributed by atoms with E-state index in [-0.39, 0.29) is 5.91 Å². The number of alkyl halides is 3. The molecular formula is C25H30F3N3O3. The van der Waals surface area contributed by atoms with Crippen LogP contribution in [-0.2, 0) is 11.0 Å². The summed E-state index contributed by atoms with van der Waals surface area (Å²) in [5.41, 5.74) is 0.0386. The average molecular weight is 478 g/mol. The molecule has 0 saturated carbocycles. The molecule has 1 aromatic heterocycles. The van der Waals surface area contributed by atoms with E-state index in [1.54, 1.807) is 18.1 Å². The molecule has 3 rings (SSSR count). The zero-order chi connectivity index (χ0) is 24.7. The standard InChI is InChI=1S/C25H30F3N3O3/c1-18(2)17-34-21-8-5-19(15-22(21)33-3)6-10-24(32)31-12-4-11-30(13-14-31)23-9-7-20(16-29-23)25(26,27)28/h5-10,15-16,18H,4,11-14,17H2,1-3H3/b10-6+. The van der Waals surface area contributed by atoms with E-state index in [0.717, 1.165) is 17.8 Å². The number of benzene rings is 1. The number of carbonyl (C=O) groups is 1. The second-order valence-electron chi connectivity index (χ2n) is 8.52. The van der Waals surface area contributed by atoms with Gasteiger partial charge in [0.2, 0.25) is 5.91 Å². The lowest BCUT2D eigenvalue weighted by molar-refractivity contribution is -0.137. The van der Waals surface area contributed by atoms with E-state index in [1.165, 1.54) is 12.1 Å². The fourth-order valence-electron chi connectivity index (χ4n) is 3.54. The summed E-state index contributed by atoms with van der Waals surface area (Å²) < 4.78 is 49.5. The van der Waals surface area contributed by atoms with Gasteiger partial charge in [-0.2, -0.15) is 13.2 Å². The number of pyridine rings is 1. The SMILES string of the molecule is COc1cc(/C=C/C(=O)N2CCCN(c3ccc(C(F)(F)F)cn3)CC2)ccc1OCC(C)C. The third kappa shape index (κ3) is 6.88. The molecule has 0 aliphatic carbocycles. The first-order valence-corrected chi connectivity index (χ1v) is 11.2. The molecule has 0 spiro atoms. The van der Waals surface area contributed by atoms with Gasteiger partial charge in [0.05, 0.1) is 19.3 Å². The van der Waals surface area contributed by atoms with Gasteiger partial charge in [-0.05, 0) is 48.2 Å². The van der Waals surface area contributed by atoms with Crippen molar-refractivity contribution in [3.05, 3.63) is 53.7 Å². The molecule has 1 aromatic carbocycles. The van der Waals surface area contributed by atoms with E-state index < -0.39 is 11.7 Å². The van der Waals surface area contributed by atoms with Crippen LogP contribution in [-0.4, -0.2) is 55.7 Å². The molecule has 9 heteroatoms. The number of rotatable bonds is 7. The maximum atomic E-state index is 12.8. The number of anilines is 1. The quantitative estimate of drug-likeness (QED) is 0.532. The minimum Gasteiger partial charge on any atom is -0.493 e. The van der Waals surface area contributed by atoms with Gasteiger partial charge in [-0.1, -0.05) is 19.9 Å². The highest BCUT2D eigenvalue weighted by atomic mass is 19.4. The number of nitrogens with zero attached hydrogens (tertiary/aromatic N) is 3. The predicted molar refractivity (Wildman–Crippen MR) is 125 cm³/mol. The van der Waals surface area contributed by atoms with Gasteiger partial charge in [0.15, 0.2) is 11.5 Å². The molecule has 34 heavy (non-hydrogen) atoms. The first-order chi connectivity index (χ1) is 16.2. The van der Waals surface area contributed by atoms with E-state index in [1.807, 2.05) is 23.1 Å². The lowest BCUT2D eigenvalue weighted by atomic mass is 10.1. The number of halogens is 3. The van der Waals surface area contributed by atoms with Crippen molar-refractivity contribution in [1.82, 2.24) is 9.88 Å². The third-order valence-electron chi connectivity index (χ3n) is 5.38. The van der Waals surface area contributed by atoms with Gasteiger partial charge in [0.25, 0.3) is 0 Å². The van der Waals surface area contributed by atoms with Crippen molar-refractivity contribution in [2.24, 2.45) is 5.92 Å². The van der Waals surface area contributed by atoms with Gasteiger partial charge >= 0.3 is 6.18 Å². The number of aromatic nitrogens is 1. The van der Waals surface area contributed by atoms with Crippen molar-refractivity contribution in [3.8, 4) is 11.5 Å². The Balaban J connectivity index is 1.59. The number of ether oxygens (including phenoxy) is 2. The van der Waals surface area contributed by atoms with Gasteiger partial charge in [0, 0.05) is 38.5 Å². The summed E-state index contributed by atoms with van der Waals surface area (Å²) in [5.74, 6) is 2.00. The molecule has 1 fully saturated rings. The third-order valence-corrected chi connectivity index (χ3v) is 5.38. The largest absolute Gasteiger partial charge is 0.493 e. The Bertz CT molecular complexity index is 991. The van der Waals surface area contributed by atoms with Crippen LogP contribution in [0.2, 0.25) is 0 Å². The molecular weight excluding hydrogens is 447 g/mol. The van der Waals surface area contributed by atoms with Crippen LogP contribution in [0.15, 0.2) is 42.6 Å². The van der Waals surface area contributed by atoms with Crippen LogP contribution >= 0.6 is 0 Å². The number of amides is 1. The van der Waals surface area contributed by atoms with E-state index in [0.29, 0.717) is 62.4 Å². The smallest absolute Gasteiger partial charge is 0.417 e. The predicted octanol–water partition coefficient (Wildman–Crippen LogP) is 4.90. The molecule has 1 aliphatic heterocycles. The molecule has 0 unspecified atom stereocenters. The fourth-order valence-corrected chi connectivity index (χ4v) is 3.54. The van der Waals surface area contributed by atoms with Gasteiger partial charge in [-0.15, -0.1) is 0 Å². The summed E-state index contributed by atoms with van der Waals surface area (Å²) in [6.07, 6.45) is 0.384. The monoisotopic (exact) mass is 477 g/mol. The van der Waals surface area contributed by atoms with Crippen molar-refractivity contribution in [2.75, 3.05) is 44.8 Å². The van der Waals surface area contributed by atoms with Crippen LogP contribution in [0.5, 0.6) is 11.5 Å². The Morgan fingerprint density at radius 1 is 1.12 bits per heavy atom. The molecule has 0 bridgehead atoms. The summed E-state index contributed by atoms with van der Waals surface area (Å²) in [5, 5.41) is 0. The Labute approximate surface area is 198 Å². The van der Waals surface area contributed by atoms with Gasteiger partial charge in [-0.3, -0.25) is 4.79 Å². The highest BCUT2D eigenvalue weighted by Crippen LogP contribution is 2.30. The van der Waals surface area contributed by atoms with Crippen molar-refractivity contribution in [2.45, 2.75) is 26.4 Å². The van der Waals surface area contributed by atoms with Crippen molar-refractivity contribution in [3.63, 3.8) is 0 Å². The second kappa shape index (κ2) is 11.3. The normalized spacial score (nSPS) is 15.0. The van der Waals surface area contributed by atoms with Crippen LogP contribution in [0.3, 0.4) is 0 Å². The van der Waals surface area contributed by atoms with E-state index >= 15 is 0 Å². The Hall–Kier alpha value is -3.23. The molecule has 1 saturated heterocycles. The number of methoxy groups -OCH3 is 1. The van der Waals surface area contributed by atoms with E-state index in [2.05, 4.69) is 18.8 Å². The topological polar surface area (TPSA) is 54.9 Å². The van der Waals surface area contributed by atoms with Crippen LogP contribution in [0, 0.1) is 5.92 Å². The molecule has 0 N–H and O–H groups in total. The van der Waals surface area contributed by atoms with Gasteiger partial charge < -0.3 is 19.3 Å². The number of hydrogen-bond acceptors (Lipinski definition) is 5. The summed E-state index contributed by atoms with van der Waals surface area (Å²) in [4.78, 5) is 20.3. The van der Waals surface area contributed by atoms with Crippen molar-refractivity contribution >= 4 is 17.8 Å². The van der Waals surface area contributed by atoms with Gasteiger partial charge in [0.1, 0.15) is 5.82 Å². The van der Waals surface area contributed by atoms with E-state index in [4.69, 9.17) is 9.47 Å². The Morgan fingerprint density at radius 3 is 2.56 bits per heavy atom. The van der Waals surface area contributed by atoms with Crippen LogP contribution in [0.4, 0.5) is 19.0 Å². The first-order valence-electron chi connectivity index (χ1n) is 11.2. The number of carbonyl (C=O) groups excluding carboxylic acids is 1. The zero-order valence-corrected chi connectivity index (χ0v) is 19.6. The molecule has 1 aliphatic rings. The molecule has 2 aromatic rings. The molecule has 1 amide bonds. The highest BCUT2D eigenvalue weighted by molar-refractivity contribution is 5.92. The second-order valence-corrected chi connectivity index (χ2v) is 8.52. The fraction of sp³-hybridized carbons (Fsp3) is 0.440. The maximum Gasteiger partial charge on any atom is 0.417 e. The van der Waals surface area contributed by atoms with E-state index in [9.17, 15) is 18.0 Å². The average Bonchev–Trinajstić information content (AvgIpc) is 3.07. The lowest BCUT2D eigenvalue weighted by Gasteiger charge is -2.22. The van der Waals surface area contributed by atoms with Crippen LogP contribution in [0.25, 0.3) is 6.08 Å². The molecule has 184 valence electrons. The van der Waals surface area contributed by atoms with Crippen molar-refractivity contribution in [1.29, 1.82) is 0 Å². The summed E-state index contributed by atoms with van der Waals surface area (Å²) in [7, 11) is 1.57. The molecule has 6 nitrogen and oxygen atoms in total. The molecule has 2 heterocycles. The van der Waals surface area contributed by atoms with Crippen LogP contribution in [0.1, 0.15) is 31.4 Å². The number of hydrogen-bond donors (Lipinski definition) is 0. The zero-order valence-electron chi connectivity index (χ0n) is 19.6. The Kier molecular flexibility index (Phi) is 8.41. The molecule has 0 atom stereocenters. The minimum atomic E-state index is -4.41.